The maximum Gasteiger partial charge on any atom is 0.209 e. The Balaban J connectivity index is 2.57. The number of amides is 1. The van der Waals surface area contributed by atoms with Crippen LogP contribution in [0.1, 0.15) is 5.69 Å². The molecule has 0 radical (unpaired) electrons. The summed E-state index contributed by atoms with van der Waals surface area (Å²) in [7, 11) is 3.49. The zero-order valence-corrected chi connectivity index (χ0v) is 6.56. The smallest absolute Gasteiger partial charge is 0.209 e. The molecule has 1 aromatic rings. The lowest BCUT2D eigenvalue weighted by Crippen LogP contribution is -2.15. The number of carbonyl (C=O) groups is 1. The summed E-state index contributed by atoms with van der Waals surface area (Å²) in [5.74, 6) is 0. The lowest BCUT2D eigenvalue weighted by atomic mass is 10.4. The fourth-order valence-corrected chi connectivity index (χ4v) is 0.761. The van der Waals surface area contributed by atoms with Gasteiger partial charge in [-0.25, -0.2) is 0 Å². The van der Waals surface area contributed by atoms with Crippen molar-refractivity contribution in [3.05, 3.63) is 11.9 Å². The highest BCUT2D eigenvalue weighted by molar-refractivity contribution is 5.46. The summed E-state index contributed by atoms with van der Waals surface area (Å²) in [4.78, 5) is 11.7. The summed E-state index contributed by atoms with van der Waals surface area (Å²) >= 11 is 0. The molecule has 0 fully saturated rings. The van der Waals surface area contributed by atoms with Gasteiger partial charge < -0.3 is 4.90 Å². The van der Waals surface area contributed by atoms with E-state index < -0.39 is 0 Å². The number of aryl methyl sites for hydroxylation is 1. The third kappa shape index (κ3) is 2.03. The second-order valence-corrected chi connectivity index (χ2v) is 2.40. The lowest BCUT2D eigenvalue weighted by molar-refractivity contribution is -0.117. The van der Waals surface area contributed by atoms with Gasteiger partial charge in [-0.3, -0.25) is 9.48 Å². The van der Waals surface area contributed by atoms with Crippen LogP contribution in [0.15, 0.2) is 6.20 Å². The van der Waals surface area contributed by atoms with Crippen LogP contribution < -0.4 is 0 Å². The van der Waals surface area contributed by atoms with Crippen LogP contribution >= 0.6 is 0 Å². The molecule has 0 aliphatic heterocycles. The monoisotopic (exact) mass is 154 g/mol. The van der Waals surface area contributed by atoms with Crippen molar-refractivity contribution < 1.29 is 4.79 Å². The Morgan fingerprint density at radius 3 is 3.00 bits per heavy atom. The van der Waals surface area contributed by atoms with Gasteiger partial charge in [0.15, 0.2) is 0 Å². The number of aromatic nitrogens is 3. The van der Waals surface area contributed by atoms with Crippen LogP contribution in [-0.2, 0) is 18.4 Å². The van der Waals surface area contributed by atoms with Gasteiger partial charge in [-0.15, -0.1) is 5.10 Å². The predicted molar refractivity (Wildman–Crippen MR) is 38.5 cm³/mol. The van der Waals surface area contributed by atoms with E-state index in [0.717, 1.165) is 12.1 Å². The number of nitrogens with zero attached hydrogens (tertiary/aromatic N) is 4. The molecule has 0 N–H and O–H groups in total. The molecule has 0 aromatic carbocycles. The molecule has 0 spiro atoms. The second kappa shape index (κ2) is 3.14. The van der Waals surface area contributed by atoms with Crippen molar-refractivity contribution >= 4 is 6.41 Å². The van der Waals surface area contributed by atoms with Crippen LogP contribution in [-0.4, -0.2) is 33.4 Å². The van der Waals surface area contributed by atoms with Gasteiger partial charge in [-0.1, -0.05) is 5.21 Å². The molecule has 5 nitrogen and oxygen atoms in total. The normalized spacial score (nSPS) is 9.64. The number of hydrogen-bond donors (Lipinski definition) is 0. The maximum absolute atomic E-state index is 10.2. The van der Waals surface area contributed by atoms with Gasteiger partial charge >= 0.3 is 0 Å². The van der Waals surface area contributed by atoms with Gasteiger partial charge in [0.2, 0.25) is 6.41 Å². The van der Waals surface area contributed by atoms with Crippen molar-refractivity contribution in [2.75, 3.05) is 7.05 Å². The average molecular weight is 154 g/mol. The number of rotatable bonds is 3. The largest absolute Gasteiger partial charge is 0.342 e. The summed E-state index contributed by atoms with van der Waals surface area (Å²) in [5.41, 5.74) is 0.794. The van der Waals surface area contributed by atoms with E-state index in [1.165, 1.54) is 4.90 Å². The van der Waals surface area contributed by atoms with Gasteiger partial charge in [0.05, 0.1) is 6.54 Å². The van der Waals surface area contributed by atoms with E-state index in [0.29, 0.717) is 6.54 Å². The molecule has 0 unspecified atom stereocenters. The highest BCUT2D eigenvalue weighted by Gasteiger charge is 1.99. The van der Waals surface area contributed by atoms with Crippen molar-refractivity contribution in [3.63, 3.8) is 0 Å². The molecule has 0 saturated heterocycles. The second-order valence-electron chi connectivity index (χ2n) is 2.40. The topological polar surface area (TPSA) is 51.0 Å². The van der Waals surface area contributed by atoms with Crippen LogP contribution in [0.3, 0.4) is 0 Å². The van der Waals surface area contributed by atoms with Gasteiger partial charge in [0, 0.05) is 20.3 Å². The fourth-order valence-electron chi connectivity index (χ4n) is 0.761. The minimum Gasteiger partial charge on any atom is -0.342 e. The number of hydrogen-bond acceptors (Lipinski definition) is 3. The summed E-state index contributed by atoms with van der Waals surface area (Å²) in [6, 6.07) is 0. The molecule has 0 bridgehead atoms. The van der Waals surface area contributed by atoms with Crippen LogP contribution in [0, 0.1) is 0 Å². The van der Waals surface area contributed by atoms with Crippen LogP contribution in [0.25, 0.3) is 0 Å². The minimum absolute atomic E-state index is 0.511. The van der Waals surface area contributed by atoms with Crippen LogP contribution in [0.5, 0.6) is 0 Å². The molecule has 1 aromatic heterocycles. The maximum atomic E-state index is 10.2. The highest BCUT2D eigenvalue weighted by atomic mass is 16.1. The molecule has 1 amide bonds. The Morgan fingerprint density at radius 2 is 2.55 bits per heavy atom. The summed E-state index contributed by atoms with van der Waals surface area (Å²) in [6.07, 6.45) is 2.54. The molecular weight excluding hydrogens is 144 g/mol. The average Bonchev–Trinajstić information content (AvgIpc) is 2.35. The lowest BCUT2D eigenvalue weighted by Gasteiger charge is -2.05. The third-order valence-electron chi connectivity index (χ3n) is 1.24. The SMILES string of the molecule is CN(C=O)Cc1cn(C)nn1. The Kier molecular flexibility index (Phi) is 2.20. The first-order valence-electron chi connectivity index (χ1n) is 3.23. The molecule has 0 saturated carbocycles. The first-order chi connectivity index (χ1) is 5.22. The van der Waals surface area contributed by atoms with Gasteiger partial charge in [-0.05, 0) is 0 Å². The standard InChI is InChI=1S/C6H10N4O/c1-9(5-11)3-6-4-10(2)8-7-6/h4-5H,3H2,1-2H3. The van der Waals surface area contributed by atoms with Crippen molar-refractivity contribution in [2.24, 2.45) is 7.05 Å². The van der Waals surface area contributed by atoms with E-state index in [9.17, 15) is 4.79 Å². The Bertz CT molecular complexity index is 244. The molecule has 11 heavy (non-hydrogen) atoms. The van der Waals surface area contributed by atoms with E-state index in [1.54, 1.807) is 25.0 Å². The van der Waals surface area contributed by atoms with E-state index in [2.05, 4.69) is 10.3 Å². The molecule has 1 heterocycles. The first-order valence-corrected chi connectivity index (χ1v) is 3.23. The zero-order chi connectivity index (χ0) is 8.27. The molecule has 0 aliphatic rings. The van der Waals surface area contributed by atoms with Gasteiger partial charge in [0.1, 0.15) is 5.69 Å². The molecule has 60 valence electrons. The van der Waals surface area contributed by atoms with Crippen molar-refractivity contribution in [2.45, 2.75) is 6.54 Å². The molecule has 0 aliphatic carbocycles. The molecule has 1 rings (SSSR count). The fraction of sp³-hybridized carbons (Fsp3) is 0.500. The van der Waals surface area contributed by atoms with Gasteiger partial charge in [0.25, 0.3) is 0 Å². The predicted octanol–water partition coefficient (Wildman–Crippen LogP) is -0.597. The number of carbonyl (C=O) groups excluding carboxylic acids is 1. The first kappa shape index (κ1) is 7.71. The van der Waals surface area contributed by atoms with E-state index >= 15 is 0 Å². The Labute approximate surface area is 64.6 Å². The minimum atomic E-state index is 0.511. The molecular formula is C6H10N4O. The highest BCUT2D eigenvalue weighted by Crippen LogP contribution is 1.93. The third-order valence-corrected chi connectivity index (χ3v) is 1.24. The Morgan fingerprint density at radius 1 is 1.82 bits per heavy atom. The zero-order valence-electron chi connectivity index (χ0n) is 6.56. The summed E-state index contributed by atoms with van der Waals surface area (Å²) < 4.78 is 1.61. The van der Waals surface area contributed by atoms with Crippen LogP contribution in [0.2, 0.25) is 0 Å². The van der Waals surface area contributed by atoms with Crippen molar-refractivity contribution in [3.8, 4) is 0 Å². The molecule has 0 atom stereocenters. The van der Waals surface area contributed by atoms with E-state index in [4.69, 9.17) is 0 Å². The quantitative estimate of drug-likeness (QED) is 0.546. The van der Waals surface area contributed by atoms with Crippen LogP contribution in [0.4, 0.5) is 0 Å². The molecule has 5 heteroatoms. The van der Waals surface area contributed by atoms with Crippen molar-refractivity contribution in [1.29, 1.82) is 0 Å². The van der Waals surface area contributed by atoms with Crippen molar-refractivity contribution in [1.82, 2.24) is 19.9 Å². The van der Waals surface area contributed by atoms with E-state index in [-0.39, 0.29) is 0 Å². The van der Waals surface area contributed by atoms with Gasteiger partial charge in [-0.2, -0.15) is 0 Å². The summed E-state index contributed by atoms with van der Waals surface area (Å²) in [6.45, 7) is 0.511. The van der Waals surface area contributed by atoms with E-state index in [1.807, 2.05) is 0 Å². The summed E-state index contributed by atoms with van der Waals surface area (Å²) in [5, 5.41) is 7.54. The Hall–Kier alpha value is -1.39.